The molecule has 0 aromatic heterocycles. The molecule has 1 rings (SSSR count). The van der Waals surface area contributed by atoms with Gasteiger partial charge in [-0.1, -0.05) is 27.7 Å². The van der Waals surface area contributed by atoms with E-state index in [0.717, 1.165) is 6.61 Å². The summed E-state index contributed by atoms with van der Waals surface area (Å²) in [5.74, 6) is 0.675. The lowest BCUT2D eigenvalue weighted by Crippen LogP contribution is -2.50. The van der Waals surface area contributed by atoms with Gasteiger partial charge < -0.3 is 4.74 Å². The summed E-state index contributed by atoms with van der Waals surface area (Å²) in [6.07, 6.45) is 0.498. The first kappa shape index (κ1) is 7.07. The molecule has 0 bridgehead atoms. The van der Waals surface area contributed by atoms with Crippen LogP contribution in [0.3, 0.4) is 0 Å². The van der Waals surface area contributed by atoms with Crippen LogP contribution in [0.1, 0.15) is 27.7 Å². The minimum Gasteiger partial charge on any atom is -0.377 e. The maximum Gasteiger partial charge on any atom is 0.0671 e. The highest BCUT2D eigenvalue weighted by molar-refractivity contribution is 4.88. The third-order valence-corrected chi connectivity index (χ3v) is 2.01. The second-order valence-electron chi connectivity index (χ2n) is 3.96. The van der Waals surface area contributed by atoms with E-state index >= 15 is 0 Å². The summed E-state index contributed by atoms with van der Waals surface area (Å²) in [5, 5.41) is 0. The Morgan fingerprint density at radius 1 is 1.44 bits per heavy atom. The molecule has 0 saturated carbocycles. The van der Waals surface area contributed by atoms with Gasteiger partial charge in [0.15, 0.2) is 0 Å². The average molecular weight is 128 g/mol. The molecule has 0 aromatic carbocycles. The minimum absolute atomic E-state index is 0.439. The minimum atomic E-state index is 0.439. The molecule has 0 aliphatic carbocycles. The zero-order valence-corrected chi connectivity index (χ0v) is 6.77. The van der Waals surface area contributed by atoms with Crippen LogP contribution >= 0.6 is 0 Å². The van der Waals surface area contributed by atoms with Crippen molar-refractivity contribution in [2.75, 3.05) is 6.61 Å². The van der Waals surface area contributed by atoms with Gasteiger partial charge in [0.05, 0.1) is 12.7 Å². The van der Waals surface area contributed by atoms with Crippen molar-refractivity contribution in [1.82, 2.24) is 0 Å². The number of hydrogen-bond donors (Lipinski definition) is 0. The molecule has 0 N–H and O–H groups in total. The Morgan fingerprint density at radius 3 is 2.00 bits per heavy atom. The van der Waals surface area contributed by atoms with Crippen molar-refractivity contribution in [1.29, 1.82) is 0 Å². The molecule has 0 unspecified atom stereocenters. The summed E-state index contributed by atoms with van der Waals surface area (Å²) in [6, 6.07) is 0. The van der Waals surface area contributed by atoms with Crippen LogP contribution in [0.5, 0.6) is 0 Å². The van der Waals surface area contributed by atoms with Crippen LogP contribution in [0.15, 0.2) is 0 Å². The summed E-state index contributed by atoms with van der Waals surface area (Å²) < 4.78 is 5.41. The zero-order valence-electron chi connectivity index (χ0n) is 6.77. The Morgan fingerprint density at radius 2 is 2.00 bits per heavy atom. The second-order valence-corrected chi connectivity index (χ2v) is 3.96. The second kappa shape index (κ2) is 1.98. The van der Waals surface area contributed by atoms with Gasteiger partial charge in [0.2, 0.25) is 0 Å². The molecule has 1 heteroatoms. The number of ether oxygens (including phenoxy) is 1. The van der Waals surface area contributed by atoms with E-state index in [2.05, 4.69) is 27.7 Å². The molecule has 0 spiro atoms. The van der Waals surface area contributed by atoms with E-state index in [1.54, 1.807) is 0 Å². The van der Waals surface area contributed by atoms with Crippen LogP contribution < -0.4 is 0 Å². The maximum absolute atomic E-state index is 5.41. The van der Waals surface area contributed by atoms with Gasteiger partial charge in [0.1, 0.15) is 0 Å². The SMILES string of the molecule is CC(C)[C@@H]1OCC1(C)C. The largest absolute Gasteiger partial charge is 0.377 e. The monoisotopic (exact) mass is 128 g/mol. The number of rotatable bonds is 1. The van der Waals surface area contributed by atoms with E-state index < -0.39 is 0 Å². The quantitative estimate of drug-likeness (QED) is 0.525. The molecule has 0 amide bonds. The predicted octanol–water partition coefficient (Wildman–Crippen LogP) is 2.07. The van der Waals surface area contributed by atoms with Crippen LogP contribution in [-0.2, 0) is 4.74 Å². The molecule has 1 atom stereocenters. The van der Waals surface area contributed by atoms with Gasteiger partial charge in [0.25, 0.3) is 0 Å². The van der Waals surface area contributed by atoms with Gasteiger partial charge in [-0.25, -0.2) is 0 Å². The van der Waals surface area contributed by atoms with Gasteiger partial charge in [0, 0.05) is 5.41 Å². The molecule has 1 aliphatic rings. The Balaban J connectivity index is 2.45. The van der Waals surface area contributed by atoms with Crippen molar-refractivity contribution >= 4 is 0 Å². The first-order valence-corrected chi connectivity index (χ1v) is 3.65. The molecule has 0 radical (unpaired) electrons. The first-order valence-electron chi connectivity index (χ1n) is 3.65. The van der Waals surface area contributed by atoms with E-state index in [0.29, 0.717) is 17.4 Å². The summed E-state index contributed by atoms with van der Waals surface area (Å²) in [5.41, 5.74) is 0.439. The summed E-state index contributed by atoms with van der Waals surface area (Å²) in [4.78, 5) is 0. The lowest BCUT2D eigenvalue weighted by atomic mass is 9.77. The van der Waals surface area contributed by atoms with Crippen LogP contribution in [0.4, 0.5) is 0 Å². The van der Waals surface area contributed by atoms with Crippen molar-refractivity contribution < 1.29 is 4.74 Å². The fourth-order valence-electron chi connectivity index (χ4n) is 1.61. The zero-order chi connectivity index (χ0) is 7.07. The molecule has 1 nitrogen and oxygen atoms in total. The van der Waals surface area contributed by atoms with Crippen LogP contribution in [-0.4, -0.2) is 12.7 Å². The lowest BCUT2D eigenvalue weighted by molar-refractivity contribution is -0.187. The molecule has 1 saturated heterocycles. The average Bonchev–Trinajstić information content (AvgIpc) is 1.62. The fraction of sp³-hybridized carbons (Fsp3) is 1.00. The lowest BCUT2D eigenvalue weighted by Gasteiger charge is -2.46. The van der Waals surface area contributed by atoms with Gasteiger partial charge in [-0.3, -0.25) is 0 Å². The van der Waals surface area contributed by atoms with Gasteiger partial charge in [-0.15, -0.1) is 0 Å². The van der Waals surface area contributed by atoms with Crippen molar-refractivity contribution in [3.8, 4) is 0 Å². The van der Waals surface area contributed by atoms with Crippen molar-refractivity contribution in [3.63, 3.8) is 0 Å². The normalized spacial score (nSPS) is 32.3. The smallest absolute Gasteiger partial charge is 0.0671 e. The summed E-state index contributed by atoms with van der Waals surface area (Å²) in [7, 11) is 0. The molecule has 0 aromatic rings. The van der Waals surface area contributed by atoms with E-state index in [1.807, 2.05) is 0 Å². The van der Waals surface area contributed by atoms with Crippen molar-refractivity contribution in [3.05, 3.63) is 0 Å². The Bertz CT molecular complexity index is 105. The fourth-order valence-corrected chi connectivity index (χ4v) is 1.61. The summed E-state index contributed by atoms with van der Waals surface area (Å²) in [6.45, 7) is 9.90. The third kappa shape index (κ3) is 1.11. The molecule has 9 heavy (non-hydrogen) atoms. The molecular formula is C8H16O. The van der Waals surface area contributed by atoms with E-state index in [1.165, 1.54) is 0 Å². The Kier molecular flexibility index (Phi) is 1.55. The van der Waals surface area contributed by atoms with Crippen molar-refractivity contribution in [2.24, 2.45) is 11.3 Å². The third-order valence-electron chi connectivity index (χ3n) is 2.01. The van der Waals surface area contributed by atoms with E-state index in [4.69, 9.17) is 4.74 Å². The van der Waals surface area contributed by atoms with Gasteiger partial charge >= 0.3 is 0 Å². The standard InChI is InChI=1S/C8H16O/c1-6(2)7-8(3,4)5-9-7/h6-7H,5H2,1-4H3/t7-/m0/s1. The van der Waals surface area contributed by atoms with Gasteiger partial charge in [-0.2, -0.15) is 0 Å². The predicted molar refractivity (Wildman–Crippen MR) is 38.4 cm³/mol. The number of hydrogen-bond acceptors (Lipinski definition) is 1. The Hall–Kier alpha value is -0.0400. The summed E-state index contributed by atoms with van der Waals surface area (Å²) >= 11 is 0. The van der Waals surface area contributed by atoms with Crippen molar-refractivity contribution in [2.45, 2.75) is 33.8 Å². The molecule has 1 fully saturated rings. The maximum atomic E-state index is 5.41. The molecule has 54 valence electrons. The highest BCUT2D eigenvalue weighted by Gasteiger charge is 2.41. The van der Waals surface area contributed by atoms with E-state index in [9.17, 15) is 0 Å². The Labute approximate surface area is 57.4 Å². The van der Waals surface area contributed by atoms with Crippen LogP contribution in [0.2, 0.25) is 0 Å². The van der Waals surface area contributed by atoms with Crippen LogP contribution in [0.25, 0.3) is 0 Å². The highest BCUT2D eigenvalue weighted by Crippen LogP contribution is 2.37. The molecular weight excluding hydrogens is 112 g/mol. The molecule has 1 heterocycles. The highest BCUT2D eigenvalue weighted by atomic mass is 16.5. The van der Waals surface area contributed by atoms with Crippen LogP contribution in [0, 0.1) is 11.3 Å². The first-order chi connectivity index (χ1) is 4.04. The van der Waals surface area contributed by atoms with Gasteiger partial charge in [-0.05, 0) is 5.92 Å². The molecule has 1 aliphatic heterocycles. The topological polar surface area (TPSA) is 9.23 Å². The van der Waals surface area contributed by atoms with E-state index in [-0.39, 0.29) is 0 Å².